The molecule has 7 rings (SSSR count). The Bertz CT molecular complexity index is 2470. The van der Waals surface area contributed by atoms with Gasteiger partial charge < -0.3 is 28.7 Å². The summed E-state index contributed by atoms with van der Waals surface area (Å²) >= 11 is 0. The number of carbonyl (C=O) groups excluding carboxylic acids is 5. The van der Waals surface area contributed by atoms with Crippen LogP contribution in [0.1, 0.15) is 93.7 Å². The first-order valence-electron chi connectivity index (χ1n) is 20.6. The summed E-state index contributed by atoms with van der Waals surface area (Å²) < 4.78 is 18.4. The lowest BCUT2D eigenvalue weighted by Gasteiger charge is -2.60. The number of ketones is 2. The van der Waals surface area contributed by atoms with Crippen LogP contribution in [-0.2, 0) is 58.1 Å². The Kier molecular flexibility index (Phi) is 12.8. The molecule has 340 valence electrons. The molecule has 3 saturated carbocycles. The molecule has 0 saturated heterocycles. The molecule has 1 unspecified atom stereocenters. The zero-order valence-electron chi connectivity index (χ0n) is 35.1. The minimum absolute atomic E-state index is 0.00148. The molecule has 3 aromatic carbocycles. The fourth-order valence-electron chi connectivity index (χ4n) is 10.4. The molecule has 4 aliphatic carbocycles. The van der Waals surface area contributed by atoms with Crippen LogP contribution in [0.15, 0.2) is 96.6 Å². The number of nitrogens with zero attached hydrogens (tertiary/aromatic N) is 3. The van der Waals surface area contributed by atoms with Gasteiger partial charge in [0.2, 0.25) is 5.78 Å². The molecule has 20 nitrogen and oxygen atoms in total. The van der Waals surface area contributed by atoms with Crippen LogP contribution in [0.3, 0.4) is 0 Å². The van der Waals surface area contributed by atoms with Crippen molar-refractivity contribution in [2.24, 2.45) is 28.6 Å². The molecule has 20 heteroatoms. The van der Waals surface area contributed by atoms with Crippen LogP contribution < -0.4 is 0 Å². The number of carbonyl (C=O) groups is 5. The molecular formula is C45H43N3O17. The highest BCUT2D eigenvalue weighted by atomic mass is 17.0. The van der Waals surface area contributed by atoms with Crippen LogP contribution in [0.2, 0.25) is 0 Å². The maximum absolute atomic E-state index is 15.0. The number of allylic oxidation sites excluding steroid dienone is 4. The molecule has 7 atom stereocenters. The molecule has 0 spiro atoms. The van der Waals surface area contributed by atoms with Crippen molar-refractivity contribution < 1.29 is 68.0 Å². The summed E-state index contributed by atoms with van der Waals surface area (Å²) in [6.07, 6.45) is 5.42. The van der Waals surface area contributed by atoms with Gasteiger partial charge in [0, 0.05) is 16.7 Å². The Morgan fingerprint density at radius 1 is 0.692 bits per heavy atom. The van der Waals surface area contributed by atoms with Crippen LogP contribution in [0.25, 0.3) is 0 Å². The number of ether oxygens (including phenoxy) is 3. The van der Waals surface area contributed by atoms with E-state index in [1.165, 1.54) is 78.9 Å². The molecule has 3 fully saturated rings. The summed E-state index contributed by atoms with van der Waals surface area (Å²) in [4.78, 5) is 115. The second kappa shape index (κ2) is 18.3. The third kappa shape index (κ3) is 9.27. The van der Waals surface area contributed by atoms with E-state index < -0.39 is 74.0 Å². The van der Waals surface area contributed by atoms with Crippen LogP contribution in [0, 0.1) is 58.9 Å². The number of benzene rings is 3. The van der Waals surface area contributed by atoms with Crippen LogP contribution in [0.4, 0.5) is 0 Å². The van der Waals surface area contributed by atoms with Crippen LogP contribution in [0.5, 0.6) is 0 Å². The van der Waals surface area contributed by atoms with Crippen LogP contribution in [-0.4, -0.2) is 63.0 Å². The average Bonchev–Trinajstić information content (AvgIpc) is 3.58. The first kappa shape index (κ1) is 45.5. The van der Waals surface area contributed by atoms with E-state index in [4.69, 9.17) is 14.2 Å². The molecule has 4 aliphatic rings. The van der Waals surface area contributed by atoms with Crippen molar-refractivity contribution in [1.82, 2.24) is 0 Å². The molecule has 3 aromatic rings. The molecule has 0 bridgehead atoms. The first-order valence-corrected chi connectivity index (χ1v) is 20.6. The molecule has 0 heterocycles. The van der Waals surface area contributed by atoms with E-state index in [2.05, 4.69) is 14.5 Å². The number of Topliss-reactive ketones (excluding diaryl/α,β-unsaturated/α-hetero) is 1. The van der Waals surface area contributed by atoms with Gasteiger partial charge in [0.1, 0.15) is 25.9 Å². The van der Waals surface area contributed by atoms with Gasteiger partial charge in [-0.25, -0.2) is 14.4 Å². The number of hydrogen-bond acceptors (Lipinski definition) is 17. The van der Waals surface area contributed by atoms with Crippen LogP contribution >= 0.6 is 0 Å². The topological polar surface area (TPSA) is 270 Å². The SMILES string of the molecule is C[C@]12C=CC(=O)C=C1CC[C@@H]1[C@@H]2C(OC(=O)c2ccc(CO[N+](=O)[O-])cc2)C[C@@]2(C)[C@H]1CC[C@]2(OC(=O)c1ccc(CO[N+](=O)[O-])cc1)C(=O)COC(=O)c1ccc(CO[N+](=O)[O-])cc1. The van der Waals surface area contributed by atoms with Gasteiger partial charge >= 0.3 is 17.9 Å². The Balaban J connectivity index is 1.23. The van der Waals surface area contributed by atoms with E-state index in [9.17, 15) is 54.3 Å². The van der Waals surface area contributed by atoms with Gasteiger partial charge in [-0.2, -0.15) is 0 Å². The predicted octanol–water partition coefficient (Wildman–Crippen LogP) is 6.28. The van der Waals surface area contributed by atoms with Gasteiger partial charge in [-0.05, 0) is 109 Å². The monoisotopic (exact) mass is 897 g/mol. The van der Waals surface area contributed by atoms with Gasteiger partial charge in [0.05, 0.1) is 16.7 Å². The number of esters is 3. The number of rotatable bonds is 17. The normalized spacial score (nSPS) is 26.2. The molecule has 0 amide bonds. The van der Waals surface area contributed by atoms with Crippen molar-refractivity contribution in [3.05, 3.63) is 160 Å². The lowest BCUT2D eigenvalue weighted by atomic mass is 9.46. The van der Waals surface area contributed by atoms with E-state index in [0.717, 1.165) is 5.57 Å². The lowest BCUT2D eigenvalue weighted by molar-refractivity contribution is -0.763. The van der Waals surface area contributed by atoms with Crippen molar-refractivity contribution in [3.63, 3.8) is 0 Å². The van der Waals surface area contributed by atoms with E-state index >= 15 is 0 Å². The molecule has 0 radical (unpaired) electrons. The summed E-state index contributed by atoms with van der Waals surface area (Å²) in [5.74, 6) is -4.43. The van der Waals surface area contributed by atoms with Crippen molar-refractivity contribution >= 4 is 29.5 Å². The second-order valence-corrected chi connectivity index (χ2v) is 16.9. The second-order valence-electron chi connectivity index (χ2n) is 16.9. The van der Waals surface area contributed by atoms with Gasteiger partial charge in [-0.1, -0.05) is 61.9 Å². The highest BCUT2D eigenvalue weighted by Gasteiger charge is 2.71. The Morgan fingerprint density at radius 3 is 1.69 bits per heavy atom. The standard InChI is InChI=1S/C45H43N3O17/c1-43-19-17-34(49)21-33(43)15-16-35-36-18-20-45(65-42(53)32-13-7-29(8-14-32)25-63-48(58)59,38(50)26-60-40(51)30-9-3-27(4-10-30)23-61-46(54)55)44(36,2)22-37(39(35)43)64-41(52)31-11-5-28(6-12-31)24-62-47(56)57/h3-14,17,19,21,35-37,39H,15-16,18,20,22-26H2,1-2H3/t35-,36-,37?,39+,43-,44-,45-/m0/s1. The van der Waals surface area contributed by atoms with E-state index in [-0.39, 0.29) is 67.0 Å². The molecule has 65 heavy (non-hydrogen) atoms. The van der Waals surface area contributed by atoms with E-state index in [0.29, 0.717) is 36.0 Å². The summed E-state index contributed by atoms with van der Waals surface area (Å²) in [7, 11) is 0. The van der Waals surface area contributed by atoms with Gasteiger partial charge in [0.25, 0.3) is 15.3 Å². The smallest absolute Gasteiger partial charge is 0.339 e. The zero-order valence-corrected chi connectivity index (χ0v) is 35.1. The summed E-state index contributed by atoms with van der Waals surface area (Å²) in [6.45, 7) is 1.87. The fraction of sp³-hybridized carbons (Fsp3) is 0.400. The van der Waals surface area contributed by atoms with Crippen molar-refractivity contribution in [3.8, 4) is 0 Å². The predicted molar refractivity (Wildman–Crippen MR) is 219 cm³/mol. The van der Waals surface area contributed by atoms with Crippen molar-refractivity contribution in [1.29, 1.82) is 0 Å². The van der Waals surface area contributed by atoms with Gasteiger partial charge in [-0.3, -0.25) is 9.59 Å². The Morgan fingerprint density at radius 2 is 1.18 bits per heavy atom. The highest BCUT2D eigenvalue weighted by molar-refractivity contribution is 6.01. The third-order valence-electron chi connectivity index (χ3n) is 13.5. The van der Waals surface area contributed by atoms with E-state index in [1.807, 2.05) is 13.0 Å². The average molecular weight is 898 g/mol. The zero-order chi connectivity index (χ0) is 46.7. The third-order valence-corrected chi connectivity index (χ3v) is 13.5. The minimum atomic E-state index is -1.96. The van der Waals surface area contributed by atoms with Crippen molar-refractivity contribution in [2.75, 3.05) is 6.61 Å². The van der Waals surface area contributed by atoms with E-state index in [1.54, 1.807) is 13.0 Å². The molecule has 0 aromatic heterocycles. The van der Waals surface area contributed by atoms with Gasteiger partial charge in [0.15, 0.2) is 18.0 Å². The number of hydrogen-bond donors (Lipinski definition) is 0. The largest absolute Gasteiger partial charge is 0.458 e. The maximum Gasteiger partial charge on any atom is 0.339 e. The Labute approximate surface area is 369 Å². The molecule has 0 aliphatic heterocycles. The summed E-state index contributed by atoms with van der Waals surface area (Å²) in [6, 6.07) is 17.0. The molecule has 0 N–H and O–H groups in total. The summed E-state index contributed by atoms with van der Waals surface area (Å²) in [5.41, 5.74) is -1.75. The fourth-order valence-corrected chi connectivity index (χ4v) is 10.4. The van der Waals surface area contributed by atoms with Crippen molar-refractivity contribution in [2.45, 2.75) is 77.5 Å². The minimum Gasteiger partial charge on any atom is -0.458 e. The number of fused-ring (bicyclic) bond motifs is 5. The van der Waals surface area contributed by atoms with Gasteiger partial charge in [-0.15, -0.1) is 30.3 Å². The lowest BCUT2D eigenvalue weighted by Crippen LogP contribution is -2.63. The maximum atomic E-state index is 15.0. The Hall–Kier alpha value is -7.51. The summed E-state index contributed by atoms with van der Waals surface area (Å²) in [5, 5.41) is 29.3. The molecular weight excluding hydrogens is 854 g/mol. The quantitative estimate of drug-likeness (QED) is 0.0624. The first-order chi connectivity index (χ1) is 30.9. The highest BCUT2D eigenvalue weighted by Crippen LogP contribution is 2.68.